The lowest BCUT2D eigenvalue weighted by Gasteiger charge is -2.23. The Labute approximate surface area is 128 Å². The van der Waals surface area contributed by atoms with Crippen LogP contribution in [0.2, 0.25) is 0 Å². The van der Waals surface area contributed by atoms with Crippen LogP contribution in [0.1, 0.15) is 0 Å². The highest BCUT2D eigenvalue weighted by molar-refractivity contribution is 8.17. The molecule has 0 aliphatic heterocycles. The Morgan fingerprint density at radius 2 is 1.00 bits per heavy atom. The first-order valence-electron chi connectivity index (χ1n) is 6.93. The van der Waals surface area contributed by atoms with Gasteiger partial charge in [-0.15, -0.1) is 0 Å². The van der Waals surface area contributed by atoms with Crippen LogP contribution in [0.25, 0.3) is 0 Å². The molecule has 0 radical (unpaired) electrons. The van der Waals surface area contributed by atoms with Crippen LogP contribution in [0.4, 0.5) is 0 Å². The smallest absolute Gasteiger partial charge is 0.118 e. The molecule has 3 aromatic rings. The van der Waals surface area contributed by atoms with E-state index in [9.17, 15) is 0 Å². The lowest BCUT2D eigenvalue weighted by molar-refractivity contribution is 0.414. The van der Waals surface area contributed by atoms with Crippen LogP contribution in [0.15, 0.2) is 99.6 Å². The van der Waals surface area contributed by atoms with Crippen molar-refractivity contribution in [2.45, 2.75) is 14.7 Å². The fraction of sp³-hybridized carbons (Fsp3) is 0.0526. The van der Waals surface area contributed by atoms with Gasteiger partial charge in [-0.2, -0.15) is 10.9 Å². The molecule has 0 saturated heterocycles. The van der Waals surface area contributed by atoms with Gasteiger partial charge >= 0.3 is 0 Å². The van der Waals surface area contributed by atoms with E-state index >= 15 is 0 Å². The van der Waals surface area contributed by atoms with Gasteiger partial charge in [-0.25, -0.2) is 0 Å². The summed E-state index contributed by atoms with van der Waals surface area (Å²) in [5, 5.41) is 0. The van der Waals surface area contributed by atoms with Crippen molar-refractivity contribution in [1.82, 2.24) is 0 Å². The highest BCUT2D eigenvalue weighted by Gasteiger charge is 2.12. The van der Waals surface area contributed by atoms with Crippen molar-refractivity contribution in [2.24, 2.45) is 0 Å². The van der Waals surface area contributed by atoms with Crippen LogP contribution >= 0.6 is 10.9 Å². The molecular weight excluding hydrogens is 276 g/mol. The number of ether oxygens (including phenoxy) is 1. The quantitative estimate of drug-likeness (QED) is 0.653. The molecule has 0 saturated carbocycles. The predicted molar refractivity (Wildman–Crippen MR) is 89.7 cm³/mol. The molecule has 106 valence electrons. The van der Waals surface area contributed by atoms with E-state index in [1.807, 2.05) is 12.1 Å². The van der Waals surface area contributed by atoms with E-state index < -0.39 is 10.9 Å². The van der Waals surface area contributed by atoms with Gasteiger partial charge in [-0.05, 0) is 63.2 Å². The minimum Gasteiger partial charge on any atom is -0.497 e. The van der Waals surface area contributed by atoms with Crippen LogP contribution in [-0.2, 0) is 0 Å². The summed E-state index contributed by atoms with van der Waals surface area (Å²) in [5.74, 6) is 0.898. The van der Waals surface area contributed by atoms with Crippen molar-refractivity contribution < 1.29 is 4.74 Å². The summed E-state index contributed by atoms with van der Waals surface area (Å²) in [5.41, 5.74) is 0. The number of rotatable bonds is 4. The van der Waals surface area contributed by atoms with Crippen molar-refractivity contribution in [3.8, 4) is 5.75 Å². The van der Waals surface area contributed by atoms with E-state index in [4.69, 9.17) is 4.74 Å². The molecule has 0 aliphatic rings. The van der Waals surface area contributed by atoms with Gasteiger partial charge in [-0.3, -0.25) is 0 Å². The number of hydrogen-bond acceptors (Lipinski definition) is 1. The molecule has 0 atom stereocenters. The van der Waals surface area contributed by atoms with E-state index in [2.05, 4.69) is 72.8 Å². The first-order valence-corrected chi connectivity index (χ1v) is 8.27. The molecular formula is C19H18OS. The first-order chi connectivity index (χ1) is 10.4. The van der Waals surface area contributed by atoms with Crippen LogP contribution < -0.4 is 4.74 Å². The molecule has 1 nitrogen and oxygen atoms in total. The number of hydrogen-bond donors (Lipinski definition) is 1. The highest BCUT2D eigenvalue weighted by Crippen LogP contribution is 2.51. The van der Waals surface area contributed by atoms with Crippen molar-refractivity contribution in [1.29, 1.82) is 0 Å². The van der Waals surface area contributed by atoms with Crippen LogP contribution in [0.3, 0.4) is 0 Å². The van der Waals surface area contributed by atoms with Gasteiger partial charge in [0.2, 0.25) is 0 Å². The lowest BCUT2D eigenvalue weighted by atomic mass is 10.3. The van der Waals surface area contributed by atoms with Gasteiger partial charge in [0.1, 0.15) is 5.75 Å². The van der Waals surface area contributed by atoms with Crippen molar-refractivity contribution >= 4 is 10.9 Å². The van der Waals surface area contributed by atoms with Gasteiger partial charge in [0.05, 0.1) is 7.11 Å². The molecule has 0 spiro atoms. The topological polar surface area (TPSA) is 9.23 Å². The maximum absolute atomic E-state index is 5.27. The standard InChI is InChI=1S/C19H18OS/c1-20-16-12-14-19(15-13-16)21(17-8-4-2-5-9-17)18-10-6-3-7-11-18/h2-15,21H,1H3. The summed E-state index contributed by atoms with van der Waals surface area (Å²) in [6.45, 7) is 0. The van der Waals surface area contributed by atoms with Gasteiger partial charge in [-0.1, -0.05) is 36.4 Å². The Balaban J connectivity index is 2.07. The summed E-state index contributed by atoms with van der Waals surface area (Å²) < 4.78 is 5.27. The molecule has 3 aromatic carbocycles. The number of methoxy groups -OCH3 is 1. The molecule has 0 heterocycles. The third-order valence-electron chi connectivity index (χ3n) is 3.36. The summed E-state index contributed by atoms with van der Waals surface area (Å²) >= 11 is 0. The van der Waals surface area contributed by atoms with Gasteiger partial charge < -0.3 is 4.74 Å². The molecule has 21 heavy (non-hydrogen) atoms. The van der Waals surface area contributed by atoms with E-state index in [0.717, 1.165) is 5.75 Å². The second-order valence-electron chi connectivity index (χ2n) is 4.70. The van der Waals surface area contributed by atoms with Gasteiger partial charge in [0.15, 0.2) is 0 Å². The number of thiol groups is 1. The zero-order chi connectivity index (χ0) is 14.5. The maximum atomic E-state index is 5.27. The Morgan fingerprint density at radius 3 is 1.43 bits per heavy atom. The average Bonchev–Trinajstić information content (AvgIpc) is 2.58. The third-order valence-corrected chi connectivity index (χ3v) is 5.80. The van der Waals surface area contributed by atoms with Crippen LogP contribution in [0.5, 0.6) is 5.75 Å². The Morgan fingerprint density at radius 1 is 0.571 bits per heavy atom. The van der Waals surface area contributed by atoms with E-state index in [1.54, 1.807) is 7.11 Å². The molecule has 0 unspecified atom stereocenters. The Kier molecular flexibility index (Phi) is 4.27. The molecule has 2 heteroatoms. The van der Waals surface area contributed by atoms with Gasteiger partial charge in [0, 0.05) is 0 Å². The summed E-state index contributed by atoms with van der Waals surface area (Å²) in [6.07, 6.45) is 0. The zero-order valence-corrected chi connectivity index (χ0v) is 12.8. The summed E-state index contributed by atoms with van der Waals surface area (Å²) in [6, 6.07) is 29.8. The Hall–Kier alpha value is -2.19. The molecule has 3 rings (SSSR count). The van der Waals surface area contributed by atoms with Crippen molar-refractivity contribution in [3.05, 3.63) is 84.9 Å². The Bertz CT molecular complexity index is 638. The summed E-state index contributed by atoms with van der Waals surface area (Å²) in [7, 11) is 1.18. The first kappa shape index (κ1) is 13.8. The normalized spacial score (nSPS) is 11.0. The molecule has 0 bridgehead atoms. The van der Waals surface area contributed by atoms with E-state index in [-0.39, 0.29) is 0 Å². The minimum atomic E-state index is -0.519. The van der Waals surface area contributed by atoms with Crippen LogP contribution in [0, 0.1) is 0 Å². The molecule has 0 aliphatic carbocycles. The molecule has 0 fully saturated rings. The van der Waals surface area contributed by atoms with Crippen molar-refractivity contribution in [3.63, 3.8) is 0 Å². The average molecular weight is 294 g/mol. The molecule has 0 amide bonds. The number of benzene rings is 3. The largest absolute Gasteiger partial charge is 0.497 e. The molecule has 0 aromatic heterocycles. The second kappa shape index (κ2) is 6.51. The molecule has 0 N–H and O–H groups in total. The monoisotopic (exact) mass is 294 g/mol. The second-order valence-corrected chi connectivity index (χ2v) is 6.92. The fourth-order valence-electron chi connectivity index (χ4n) is 2.33. The SMILES string of the molecule is COc1ccc([SH](c2ccccc2)c2ccccc2)cc1. The summed E-state index contributed by atoms with van der Waals surface area (Å²) in [4.78, 5) is 4.07. The third kappa shape index (κ3) is 3.11. The fourth-order valence-corrected chi connectivity index (χ4v) is 4.61. The maximum Gasteiger partial charge on any atom is 0.118 e. The highest BCUT2D eigenvalue weighted by atomic mass is 32.2. The minimum absolute atomic E-state index is 0.519. The van der Waals surface area contributed by atoms with Crippen LogP contribution in [-0.4, -0.2) is 7.11 Å². The predicted octanol–water partition coefficient (Wildman–Crippen LogP) is 5.17. The van der Waals surface area contributed by atoms with E-state index in [1.165, 1.54) is 14.7 Å². The lowest BCUT2D eigenvalue weighted by Crippen LogP contribution is -1.88. The zero-order valence-electron chi connectivity index (χ0n) is 11.9. The van der Waals surface area contributed by atoms with E-state index in [0.29, 0.717) is 0 Å². The van der Waals surface area contributed by atoms with Gasteiger partial charge in [0.25, 0.3) is 0 Å². The van der Waals surface area contributed by atoms with Crippen molar-refractivity contribution in [2.75, 3.05) is 7.11 Å².